The predicted molar refractivity (Wildman–Crippen MR) is 79.9 cm³/mol. The predicted octanol–water partition coefficient (Wildman–Crippen LogP) is 1.67. The van der Waals surface area contributed by atoms with Crippen molar-refractivity contribution in [3.63, 3.8) is 0 Å². The van der Waals surface area contributed by atoms with Crippen LogP contribution in [0.15, 0.2) is 35.9 Å². The van der Waals surface area contributed by atoms with Gasteiger partial charge in [-0.25, -0.2) is 8.42 Å². The van der Waals surface area contributed by atoms with Gasteiger partial charge in [-0.1, -0.05) is 24.3 Å². The second-order valence-corrected chi connectivity index (χ2v) is 6.90. The van der Waals surface area contributed by atoms with Crippen molar-refractivity contribution in [3.8, 4) is 6.07 Å². The standard InChI is InChI=1S/C15H18N2O3S/c1-20-11-13-6-8-17(9-7-13)21(18,19)12-15-5-3-2-4-14(15)10-16/h2-6H,7-9,11-12H2,1H3. The van der Waals surface area contributed by atoms with E-state index in [1.165, 1.54) is 4.31 Å². The van der Waals surface area contributed by atoms with E-state index in [9.17, 15) is 8.42 Å². The van der Waals surface area contributed by atoms with Gasteiger partial charge in [0.15, 0.2) is 0 Å². The van der Waals surface area contributed by atoms with Gasteiger partial charge in [-0.05, 0) is 23.6 Å². The molecule has 0 radical (unpaired) electrons. The second kappa shape index (κ2) is 6.85. The summed E-state index contributed by atoms with van der Waals surface area (Å²) in [6, 6.07) is 8.84. The van der Waals surface area contributed by atoms with E-state index >= 15 is 0 Å². The highest BCUT2D eigenvalue weighted by Gasteiger charge is 2.25. The molecule has 6 heteroatoms. The third-order valence-corrected chi connectivity index (χ3v) is 5.26. The van der Waals surface area contributed by atoms with Gasteiger partial charge in [-0.3, -0.25) is 0 Å². The lowest BCUT2D eigenvalue weighted by molar-refractivity contribution is 0.219. The number of benzene rings is 1. The van der Waals surface area contributed by atoms with Gasteiger partial charge in [0.2, 0.25) is 10.0 Å². The monoisotopic (exact) mass is 306 g/mol. The van der Waals surface area contributed by atoms with Crippen molar-refractivity contribution in [2.75, 3.05) is 26.8 Å². The fourth-order valence-corrected chi connectivity index (χ4v) is 3.80. The Morgan fingerprint density at radius 2 is 2.14 bits per heavy atom. The Morgan fingerprint density at radius 1 is 1.38 bits per heavy atom. The molecule has 0 amide bonds. The third-order valence-electron chi connectivity index (χ3n) is 3.46. The summed E-state index contributed by atoms with van der Waals surface area (Å²) in [6.45, 7) is 1.38. The van der Waals surface area contributed by atoms with E-state index in [4.69, 9.17) is 10.00 Å². The molecular weight excluding hydrogens is 288 g/mol. The van der Waals surface area contributed by atoms with Crippen molar-refractivity contribution in [2.45, 2.75) is 12.2 Å². The first-order valence-corrected chi connectivity index (χ1v) is 8.30. The van der Waals surface area contributed by atoms with E-state index in [0.29, 0.717) is 37.2 Å². The average molecular weight is 306 g/mol. The van der Waals surface area contributed by atoms with E-state index < -0.39 is 10.0 Å². The summed E-state index contributed by atoms with van der Waals surface area (Å²) in [5.74, 6) is -0.135. The van der Waals surface area contributed by atoms with Crippen molar-refractivity contribution in [3.05, 3.63) is 47.0 Å². The van der Waals surface area contributed by atoms with Gasteiger partial charge in [0, 0.05) is 20.2 Å². The van der Waals surface area contributed by atoms with E-state index in [1.54, 1.807) is 31.4 Å². The normalized spacial score (nSPS) is 16.3. The zero-order chi connectivity index (χ0) is 15.3. The average Bonchev–Trinajstić information content (AvgIpc) is 2.48. The number of rotatable bonds is 5. The summed E-state index contributed by atoms with van der Waals surface area (Å²) < 4.78 is 31.4. The van der Waals surface area contributed by atoms with E-state index in [2.05, 4.69) is 0 Å². The topological polar surface area (TPSA) is 70.4 Å². The van der Waals surface area contributed by atoms with Crippen molar-refractivity contribution in [1.82, 2.24) is 4.31 Å². The Bertz CT molecular complexity index is 674. The molecule has 1 aliphatic rings. The molecule has 0 spiro atoms. The molecule has 0 unspecified atom stereocenters. The quantitative estimate of drug-likeness (QED) is 0.776. The maximum atomic E-state index is 12.4. The van der Waals surface area contributed by atoms with Gasteiger partial charge in [0.1, 0.15) is 0 Å². The summed E-state index contributed by atoms with van der Waals surface area (Å²) in [4.78, 5) is 0. The molecule has 5 nitrogen and oxygen atoms in total. The Hall–Kier alpha value is -1.68. The van der Waals surface area contributed by atoms with Crippen LogP contribution in [0, 0.1) is 11.3 Å². The lowest BCUT2D eigenvalue weighted by Gasteiger charge is -2.25. The molecule has 0 atom stereocenters. The fourth-order valence-electron chi connectivity index (χ4n) is 2.30. The minimum absolute atomic E-state index is 0.135. The first-order valence-electron chi connectivity index (χ1n) is 6.69. The molecule has 1 aromatic rings. The number of sulfonamides is 1. The highest BCUT2D eigenvalue weighted by atomic mass is 32.2. The van der Waals surface area contributed by atoms with Crippen molar-refractivity contribution < 1.29 is 13.2 Å². The van der Waals surface area contributed by atoms with Gasteiger partial charge in [-0.2, -0.15) is 9.57 Å². The lowest BCUT2D eigenvalue weighted by Crippen LogP contribution is -2.36. The third kappa shape index (κ3) is 3.91. The Morgan fingerprint density at radius 3 is 2.76 bits per heavy atom. The summed E-state index contributed by atoms with van der Waals surface area (Å²) in [5.41, 5.74) is 2.08. The van der Waals surface area contributed by atoms with Gasteiger partial charge in [0.25, 0.3) is 0 Å². The maximum absolute atomic E-state index is 12.4. The van der Waals surface area contributed by atoms with Crippen LogP contribution in [0.5, 0.6) is 0 Å². The Balaban J connectivity index is 2.12. The van der Waals surface area contributed by atoms with Crippen LogP contribution in [0.4, 0.5) is 0 Å². The van der Waals surface area contributed by atoms with Gasteiger partial charge >= 0.3 is 0 Å². The molecule has 21 heavy (non-hydrogen) atoms. The smallest absolute Gasteiger partial charge is 0.218 e. The van der Waals surface area contributed by atoms with Crippen LogP contribution in [0.1, 0.15) is 17.5 Å². The Labute approximate surface area is 125 Å². The highest BCUT2D eigenvalue weighted by Crippen LogP contribution is 2.19. The van der Waals surface area contributed by atoms with Gasteiger partial charge in [0.05, 0.1) is 24.0 Å². The van der Waals surface area contributed by atoms with Crippen LogP contribution in [0.2, 0.25) is 0 Å². The molecule has 1 heterocycles. The zero-order valence-corrected chi connectivity index (χ0v) is 12.8. The first kappa shape index (κ1) is 15.7. The number of hydrogen-bond donors (Lipinski definition) is 0. The highest BCUT2D eigenvalue weighted by molar-refractivity contribution is 7.88. The molecule has 0 bridgehead atoms. The molecule has 2 rings (SSSR count). The van der Waals surface area contributed by atoms with Crippen molar-refractivity contribution >= 4 is 10.0 Å². The zero-order valence-electron chi connectivity index (χ0n) is 11.9. The summed E-state index contributed by atoms with van der Waals surface area (Å²) in [5, 5.41) is 9.04. The largest absolute Gasteiger partial charge is 0.380 e. The minimum Gasteiger partial charge on any atom is -0.380 e. The molecule has 1 aliphatic heterocycles. The van der Waals surface area contributed by atoms with Crippen LogP contribution >= 0.6 is 0 Å². The minimum atomic E-state index is -3.41. The molecule has 0 fully saturated rings. The lowest BCUT2D eigenvalue weighted by atomic mass is 10.1. The molecule has 112 valence electrons. The molecule has 1 aromatic carbocycles. The van der Waals surface area contributed by atoms with Crippen LogP contribution in [-0.4, -0.2) is 39.5 Å². The van der Waals surface area contributed by atoms with E-state index in [0.717, 1.165) is 5.57 Å². The van der Waals surface area contributed by atoms with Gasteiger partial charge < -0.3 is 4.74 Å². The number of hydrogen-bond acceptors (Lipinski definition) is 4. The van der Waals surface area contributed by atoms with E-state index in [1.807, 2.05) is 12.1 Å². The molecule has 0 aliphatic carbocycles. The summed E-state index contributed by atoms with van der Waals surface area (Å²) in [6.07, 6.45) is 2.59. The molecule has 0 saturated heterocycles. The molecule has 0 N–H and O–H groups in total. The number of ether oxygens (including phenoxy) is 1. The number of nitrogens with zero attached hydrogens (tertiary/aromatic N) is 2. The molecule has 0 saturated carbocycles. The van der Waals surface area contributed by atoms with E-state index in [-0.39, 0.29) is 5.75 Å². The van der Waals surface area contributed by atoms with Crippen LogP contribution in [0.25, 0.3) is 0 Å². The summed E-state index contributed by atoms with van der Waals surface area (Å²) in [7, 11) is -1.78. The molecule has 0 aromatic heterocycles. The first-order chi connectivity index (χ1) is 10.1. The fraction of sp³-hybridized carbons (Fsp3) is 0.400. The van der Waals surface area contributed by atoms with Crippen LogP contribution in [0.3, 0.4) is 0 Å². The summed E-state index contributed by atoms with van der Waals surface area (Å²) >= 11 is 0. The number of methoxy groups -OCH3 is 1. The number of nitriles is 1. The molecular formula is C15H18N2O3S. The van der Waals surface area contributed by atoms with Gasteiger partial charge in [-0.15, -0.1) is 0 Å². The van der Waals surface area contributed by atoms with Crippen LogP contribution in [-0.2, 0) is 20.5 Å². The Kier molecular flexibility index (Phi) is 5.12. The maximum Gasteiger partial charge on any atom is 0.218 e. The van der Waals surface area contributed by atoms with Crippen LogP contribution < -0.4 is 0 Å². The van der Waals surface area contributed by atoms with Crippen molar-refractivity contribution in [1.29, 1.82) is 5.26 Å². The SMILES string of the molecule is COCC1=CCN(S(=O)(=O)Cc2ccccc2C#N)CC1. The second-order valence-electron chi connectivity index (χ2n) is 4.93. The van der Waals surface area contributed by atoms with Crippen molar-refractivity contribution in [2.24, 2.45) is 0 Å².